The minimum Gasteiger partial charge on any atom is -0.480 e. The predicted molar refractivity (Wildman–Crippen MR) is 56.4 cm³/mol. The quantitative estimate of drug-likeness (QED) is 0.685. The molecule has 0 radical (unpaired) electrons. The van der Waals surface area contributed by atoms with Crippen LogP contribution in [0.2, 0.25) is 0 Å². The number of hydrogen-bond donors (Lipinski definition) is 2. The van der Waals surface area contributed by atoms with E-state index >= 15 is 0 Å². The van der Waals surface area contributed by atoms with Crippen LogP contribution in [0.5, 0.6) is 0 Å². The van der Waals surface area contributed by atoms with Crippen molar-refractivity contribution >= 4 is 11.8 Å². The molecule has 2 N–H and O–H groups in total. The molecule has 0 spiro atoms. The molecule has 0 aromatic carbocycles. The number of aliphatic carboxylic acids is 1. The number of nitrogens with one attached hydrogen (secondary N) is 1. The number of ketones is 1. The Labute approximate surface area is 85.7 Å². The molecular weight excluding hydrogens is 182 g/mol. The maximum Gasteiger partial charge on any atom is 0.320 e. The lowest BCUT2D eigenvalue weighted by molar-refractivity contribution is -0.139. The van der Waals surface area contributed by atoms with Crippen molar-refractivity contribution < 1.29 is 14.7 Å². The number of carboxylic acid groups (broad SMARTS) is 1. The van der Waals surface area contributed by atoms with Crippen LogP contribution in [0, 0.1) is 0 Å². The van der Waals surface area contributed by atoms with Crippen LogP contribution in [0.3, 0.4) is 0 Å². The number of Topliss-reactive ketones (excluding diaryl/α,β-unsaturated/α-hetero) is 1. The Morgan fingerprint density at radius 1 is 1.36 bits per heavy atom. The van der Waals surface area contributed by atoms with E-state index in [-0.39, 0.29) is 5.78 Å². The first kappa shape index (κ1) is 15.6. The molecule has 14 heavy (non-hydrogen) atoms. The van der Waals surface area contributed by atoms with Gasteiger partial charge in [0.05, 0.1) is 0 Å². The third-order valence-corrected chi connectivity index (χ3v) is 1.75. The highest BCUT2D eigenvalue weighted by atomic mass is 16.4. The van der Waals surface area contributed by atoms with Crippen LogP contribution in [0.25, 0.3) is 0 Å². The van der Waals surface area contributed by atoms with Gasteiger partial charge in [0.1, 0.15) is 11.8 Å². The van der Waals surface area contributed by atoms with Crippen LogP contribution in [-0.2, 0) is 9.59 Å². The van der Waals surface area contributed by atoms with Gasteiger partial charge in [-0.05, 0) is 13.5 Å². The first-order valence-electron chi connectivity index (χ1n) is 5.03. The molecule has 0 heterocycles. The molecule has 0 aliphatic heterocycles. The van der Waals surface area contributed by atoms with Crippen LogP contribution >= 0.6 is 0 Å². The summed E-state index contributed by atoms with van der Waals surface area (Å²) in [4.78, 5) is 21.3. The molecule has 0 rings (SSSR count). The van der Waals surface area contributed by atoms with Crippen LogP contribution in [0.4, 0.5) is 0 Å². The SMILES string of the molecule is CC.CCC(=O)CCC(NC)C(=O)O. The molecule has 0 saturated heterocycles. The van der Waals surface area contributed by atoms with Crippen molar-refractivity contribution in [2.24, 2.45) is 0 Å². The Morgan fingerprint density at radius 3 is 2.14 bits per heavy atom. The fraction of sp³-hybridized carbons (Fsp3) is 0.800. The zero-order valence-electron chi connectivity index (χ0n) is 9.46. The standard InChI is InChI=1S/C8H15NO3.C2H6/c1-3-6(10)4-5-7(9-2)8(11)12;1-2/h7,9H,3-5H2,1-2H3,(H,11,12);1-2H3. The lowest BCUT2D eigenvalue weighted by Gasteiger charge is -2.09. The van der Waals surface area contributed by atoms with Crippen molar-refractivity contribution in [1.82, 2.24) is 5.32 Å². The second-order valence-electron chi connectivity index (χ2n) is 2.61. The molecule has 0 bridgehead atoms. The summed E-state index contributed by atoms with van der Waals surface area (Å²) in [6.07, 6.45) is 1.20. The molecule has 0 aromatic heterocycles. The van der Waals surface area contributed by atoms with E-state index in [2.05, 4.69) is 5.32 Å². The minimum atomic E-state index is -0.901. The summed E-state index contributed by atoms with van der Waals surface area (Å²) < 4.78 is 0. The highest BCUT2D eigenvalue weighted by molar-refractivity contribution is 5.79. The Morgan fingerprint density at radius 2 is 1.86 bits per heavy atom. The zero-order chi connectivity index (χ0) is 11.6. The normalized spacial score (nSPS) is 11.1. The smallest absolute Gasteiger partial charge is 0.320 e. The van der Waals surface area contributed by atoms with Gasteiger partial charge in [0.25, 0.3) is 0 Å². The molecule has 4 heteroatoms. The Kier molecular flexibility index (Phi) is 11.3. The number of rotatable bonds is 6. The molecule has 1 unspecified atom stereocenters. The van der Waals surface area contributed by atoms with Gasteiger partial charge in [0, 0.05) is 12.8 Å². The lowest BCUT2D eigenvalue weighted by atomic mass is 10.1. The maximum absolute atomic E-state index is 10.8. The largest absolute Gasteiger partial charge is 0.480 e. The molecule has 0 aliphatic rings. The molecule has 0 saturated carbocycles. The first-order valence-corrected chi connectivity index (χ1v) is 5.03. The predicted octanol–water partition coefficient (Wildman–Crippen LogP) is 1.44. The van der Waals surface area contributed by atoms with Crippen molar-refractivity contribution in [3.8, 4) is 0 Å². The maximum atomic E-state index is 10.8. The van der Waals surface area contributed by atoms with Crippen molar-refractivity contribution in [3.63, 3.8) is 0 Å². The van der Waals surface area contributed by atoms with E-state index in [4.69, 9.17) is 5.11 Å². The van der Waals surface area contributed by atoms with Crippen LogP contribution in [0.1, 0.15) is 40.0 Å². The van der Waals surface area contributed by atoms with Gasteiger partial charge in [-0.3, -0.25) is 9.59 Å². The number of hydrogen-bond acceptors (Lipinski definition) is 3. The summed E-state index contributed by atoms with van der Waals surface area (Å²) in [5.41, 5.74) is 0. The number of likely N-dealkylation sites (N-methyl/N-ethyl adjacent to an activating group) is 1. The summed E-state index contributed by atoms with van der Waals surface area (Å²) in [5.74, 6) is -0.794. The molecule has 84 valence electrons. The van der Waals surface area contributed by atoms with Crippen LogP contribution in [-0.4, -0.2) is 29.9 Å². The minimum absolute atomic E-state index is 0.108. The summed E-state index contributed by atoms with van der Waals surface area (Å²) in [7, 11) is 1.58. The second kappa shape index (κ2) is 10.2. The average molecular weight is 203 g/mol. The van der Waals surface area contributed by atoms with E-state index in [1.165, 1.54) is 0 Å². The average Bonchev–Trinajstić information content (AvgIpc) is 2.21. The van der Waals surface area contributed by atoms with E-state index in [0.717, 1.165) is 0 Å². The fourth-order valence-electron chi connectivity index (χ4n) is 0.873. The summed E-state index contributed by atoms with van der Waals surface area (Å²) in [5, 5.41) is 11.2. The monoisotopic (exact) mass is 203 g/mol. The van der Waals surface area contributed by atoms with E-state index in [9.17, 15) is 9.59 Å². The van der Waals surface area contributed by atoms with Gasteiger partial charge in [0.2, 0.25) is 0 Å². The van der Waals surface area contributed by atoms with E-state index < -0.39 is 12.0 Å². The summed E-state index contributed by atoms with van der Waals surface area (Å²) in [6, 6.07) is -0.597. The lowest BCUT2D eigenvalue weighted by Crippen LogP contribution is -2.34. The molecule has 1 atom stereocenters. The Balaban J connectivity index is 0. The van der Waals surface area contributed by atoms with Gasteiger partial charge in [-0.25, -0.2) is 0 Å². The van der Waals surface area contributed by atoms with E-state index in [1.807, 2.05) is 13.8 Å². The van der Waals surface area contributed by atoms with Crippen molar-refractivity contribution in [2.75, 3.05) is 7.05 Å². The van der Waals surface area contributed by atoms with Crippen LogP contribution < -0.4 is 5.32 Å². The van der Waals surface area contributed by atoms with Gasteiger partial charge < -0.3 is 10.4 Å². The molecule has 0 aromatic rings. The summed E-state index contributed by atoms with van der Waals surface area (Å²) >= 11 is 0. The highest BCUT2D eigenvalue weighted by Crippen LogP contribution is 1.99. The van der Waals surface area contributed by atoms with Gasteiger partial charge in [-0.15, -0.1) is 0 Å². The third kappa shape index (κ3) is 7.73. The molecule has 4 nitrogen and oxygen atoms in total. The number of carboxylic acids is 1. The zero-order valence-corrected chi connectivity index (χ0v) is 9.46. The van der Waals surface area contributed by atoms with Crippen LogP contribution in [0.15, 0.2) is 0 Å². The van der Waals surface area contributed by atoms with Crippen molar-refractivity contribution in [2.45, 2.75) is 46.1 Å². The molecule has 0 aliphatic carbocycles. The van der Waals surface area contributed by atoms with Crippen molar-refractivity contribution in [3.05, 3.63) is 0 Å². The third-order valence-electron chi connectivity index (χ3n) is 1.75. The van der Waals surface area contributed by atoms with E-state index in [0.29, 0.717) is 19.3 Å². The van der Waals surface area contributed by atoms with Crippen molar-refractivity contribution in [1.29, 1.82) is 0 Å². The topological polar surface area (TPSA) is 66.4 Å². The van der Waals surface area contributed by atoms with Gasteiger partial charge >= 0.3 is 5.97 Å². The fourth-order valence-corrected chi connectivity index (χ4v) is 0.873. The highest BCUT2D eigenvalue weighted by Gasteiger charge is 2.15. The number of carbonyl (C=O) groups excluding carboxylic acids is 1. The Bertz CT molecular complexity index is 169. The molecule has 0 amide bonds. The summed E-state index contributed by atoms with van der Waals surface area (Å²) in [6.45, 7) is 5.78. The second-order valence-corrected chi connectivity index (χ2v) is 2.61. The van der Waals surface area contributed by atoms with E-state index in [1.54, 1.807) is 14.0 Å². The first-order chi connectivity index (χ1) is 6.61. The Hall–Kier alpha value is -0.900. The van der Waals surface area contributed by atoms with Gasteiger partial charge in [-0.2, -0.15) is 0 Å². The van der Waals surface area contributed by atoms with Gasteiger partial charge in [0.15, 0.2) is 0 Å². The van der Waals surface area contributed by atoms with Gasteiger partial charge in [-0.1, -0.05) is 20.8 Å². The molecular formula is C10H21NO3. The molecule has 0 fully saturated rings. The number of carbonyl (C=O) groups is 2.